The van der Waals surface area contributed by atoms with Crippen LogP contribution in [0, 0.1) is 5.41 Å². The van der Waals surface area contributed by atoms with Crippen LogP contribution in [0.2, 0.25) is 0 Å². The number of ether oxygens (including phenoxy) is 2. The fourth-order valence-electron chi connectivity index (χ4n) is 2.03. The van der Waals surface area contributed by atoms with Gasteiger partial charge in [0.25, 0.3) is 0 Å². The normalized spacial score (nSPS) is 31.9. The highest BCUT2D eigenvalue weighted by atomic mass is 16.6. The molecular weight excluding hydrogens is 222 g/mol. The highest BCUT2D eigenvalue weighted by molar-refractivity contribution is 6.06. The Labute approximate surface area is 102 Å². The average molecular weight is 243 g/mol. The summed E-state index contributed by atoms with van der Waals surface area (Å²) in [5.74, 6) is -1.18. The summed E-state index contributed by atoms with van der Waals surface area (Å²) >= 11 is 0. The van der Waals surface area contributed by atoms with Gasteiger partial charge in [-0.2, -0.15) is 0 Å². The van der Waals surface area contributed by atoms with Gasteiger partial charge in [0.05, 0.1) is 7.11 Å². The summed E-state index contributed by atoms with van der Waals surface area (Å²) in [5.41, 5.74) is 3.23. The van der Waals surface area contributed by atoms with Crippen LogP contribution in [0.1, 0.15) is 40.5 Å². The van der Waals surface area contributed by atoms with Crippen molar-refractivity contribution in [2.75, 3.05) is 7.11 Å². The van der Waals surface area contributed by atoms with Gasteiger partial charge in [-0.1, -0.05) is 6.92 Å². The lowest BCUT2D eigenvalue weighted by atomic mass is 9.98. The maximum atomic E-state index is 12.1. The number of rotatable bonds is 3. The monoisotopic (exact) mass is 243 g/mol. The predicted molar refractivity (Wildman–Crippen MR) is 62.1 cm³/mol. The fraction of sp³-hybridized carbons (Fsp3) is 0.833. The van der Waals surface area contributed by atoms with Gasteiger partial charge in [-0.05, 0) is 33.6 Å². The van der Waals surface area contributed by atoms with Crippen molar-refractivity contribution in [3.63, 3.8) is 0 Å². The van der Waals surface area contributed by atoms with E-state index >= 15 is 0 Å². The van der Waals surface area contributed by atoms with E-state index in [1.54, 1.807) is 20.8 Å². The molecule has 0 unspecified atom stereocenters. The largest absolute Gasteiger partial charge is 0.468 e. The zero-order valence-electron chi connectivity index (χ0n) is 11.1. The Bertz CT molecular complexity index is 347. The predicted octanol–water partition coefficient (Wildman–Crippen LogP) is 0.999. The van der Waals surface area contributed by atoms with E-state index in [1.807, 2.05) is 6.92 Å². The summed E-state index contributed by atoms with van der Waals surface area (Å²) in [4.78, 5) is 23.9. The van der Waals surface area contributed by atoms with Crippen LogP contribution in [0.4, 0.5) is 0 Å². The number of esters is 2. The van der Waals surface area contributed by atoms with E-state index in [1.165, 1.54) is 7.11 Å². The molecule has 1 aliphatic rings. The first-order valence-corrected chi connectivity index (χ1v) is 5.74. The van der Waals surface area contributed by atoms with Crippen LogP contribution in [0.3, 0.4) is 0 Å². The minimum Gasteiger partial charge on any atom is -0.468 e. The number of nitrogens with two attached hydrogens (primary N) is 1. The van der Waals surface area contributed by atoms with E-state index in [4.69, 9.17) is 15.2 Å². The van der Waals surface area contributed by atoms with Crippen LogP contribution in [-0.2, 0) is 19.1 Å². The van der Waals surface area contributed by atoms with Gasteiger partial charge in [0.15, 0.2) is 5.41 Å². The van der Waals surface area contributed by atoms with Gasteiger partial charge >= 0.3 is 11.9 Å². The highest BCUT2D eigenvalue weighted by Crippen LogP contribution is 2.58. The summed E-state index contributed by atoms with van der Waals surface area (Å²) in [7, 11) is 1.25. The Hall–Kier alpha value is -1.10. The van der Waals surface area contributed by atoms with Crippen LogP contribution in [0.15, 0.2) is 0 Å². The molecule has 2 atom stereocenters. The first-order chi connectivity index (χ1) is 7.63. The van der Waals surface area contributed by atoms with Gasteiger partial charge in [-0.15, -0.1) is 0 Å². The van der Waals surface area contributed by atoms with Crippen molar-refractivity contribution in [2.45, 2.75) is 51.7 Å². The lowest BCUT2D eigenvalue weighted by molar-refractivity contribution is -0.171. The highest BCUT2D eigenvalue weighted by Gasteiger charge is 2.76. The molecule has 0 aromatic rings. The van der Waals surface area contributed by atoms with Gasteiger partial charge in [0.2, 0.25) is 0 Å². The van der Waals surface area contributed by atoms with Gasteiger partial charge in [0, 0.05) is 5.54 Å². The summed E-state index contributed by atoms with van der Waals surface area (Å²) in [5, 5.41) is 0. The van der Waals surface area contributed by atoms with E-state index in [2.05, 4.69) is 0 Å². The quantitative estimate of drug-likeness (QED) is 0.591. The molecule has 1 saturated carbocycles. The van der Waals surface area contributed by atoms with Crippen molar-refractivity contribution in [1.29, 1.82) is 0 Å². The molecule has 0 aromatic heterocycles. The second-order valence-corrected chi connectivity index (χ2v) is 5.59. The topological polar surface area (TPSA) is 78.6 Å². The molecule has 2 N–H and O–H groups in total. The lowest BCUT2D eigenvalue weighted by Crippen LogP contribution is -2.44. The summed E-state index contributed by atoms with van der Waals surface area (Å²) in [6, 6.07) is 0. The number of carbonyl (C=O) groups excluding carboxylic acids is 2. The first kappa shape index (κ1) is 14.0. The second kappa shape index (κ2) is 3.98. The minimum atomic E-state index is -1.32. The molecule has 0 amide bonds. The fourth-order valence-corrected chi connectivity index (χ4v) is 2.03. The van der Waals surface area contributed by atoms with Crippen molar-refractivity contribution in [2.24, 2.45) is 11.1 Å². The molecule has 98 valence electrons. The minimum absolute atomic E-state index is 0.290. The first-order valence-electron chi connectivity index (χ1n) is 5.74. The van der Waals surface area contributed by atoms with E-state index in [9.17, 15) is 9.59 Å². The molecule has 0 saturated heterocycles. The molecule has 0 aliphatic heterocycles. The molecule has 5 nitrogen and oxygen atoms in total. The molecule has 0 spiro atoms. The number of methoxy groups -OCH3 is 1. The van der Waals surface area contributed by atoms with Crippen LogP contribution < -0.4 is 5.73 Å². The van der Waals surface area contributed by atoms with Crippen molar-refractivity contribution < 1.29 is 19.1 Å². The molecule has 1 aliphatic carbocycles. The van der Waals surface area contributed by atoms with Crippen LogP contribution in [0.25, 0.3) is 0 Å². The summed E-state index contributed by atoms with van der Waals surface area (Å²) < 4.78 is 9.96. The van der Waals surface area contributed by atoms with Crippen LogP contribution in [0.5, 0.6) is 0 Å². The molecular formula is C12H21NO4. The van der Waals surface area contributed by atoms with Crippen molar-refractivity contribution in [3.8, 4) is 0 Å². The molecule has 5 heteroatoms. The van der Waals surface area contributed by atoms with Gasteiger partial charge in [0.1, 0.15) is 5.60 Å². The standard InChI is InChI=1S/C12H21NO4/c1-6-11(13)7-12(11,8(14)16-5)9(15)17-10(2,3)4/h6-7,13H2,1-5H3/t11-,12+/m1/s1. The molecule has 0 heterocycles. The number of carbonyl (C=O) groups is 2. The smallest absolute Gasteiger partial charge is 0.326 e. The van der Waals surface area contributed by atoms with Gasteiger partial charge in [-0.3, -0.25) is 9.59 Å². The molecule has 1 rings (SSSR count). The van der Waals surface area contributed by atoms with Crippen molar-refractivity contribution in [3.05, 3.63) is 0 Å². The van der Waals surface area contributed by atoms with Crippen molar-refractivity contribution in [1.82, 2.24) is 0 Å². The number of hydrogen-bond donors (Lipinski definition) is 1. The van der Waals surface area contributed by atoms with Crippen LogP contribution in [-0.4, -0.2) is 30.2 Å². The Balaban J connectivity index is 2.97. The van der Waals surface area contributed by atoms with E-state index in [-0.39, 0.29) is 6.42 Å². The van der Waals surface area contributed by atoms with E-state index < -0.39 is 28.5 Å². The Morgan fingerprint density at radius 2 is 1.82 bits per heavy atom. The zero-order chi connectivity index (χ0) is 13.5. The van der Waals surface area contributed by atoms with E-state index in [0.29, 0.717) is 6.42 Å². The maximum Gasteiger partial charge on any atom is 0.326 e. The molecule has 1 fully saturated rings. The Kier molecular flexibility index (Phi) is 3.27. The number of hydrogen-bond acceptors (Lipinski definition) is 5. The molecule has 17 heavy (non-hydrogen) atoms. The van der Waals surface area contributed by atoms with E-state index in [0.717, 1.165) is 0 Å². The Morgan fingerprint density at radius 3 is 2.12 bits per heavy atom. The molecule has 0 radical (unpaired) electrons. The Morgan fingerprint density at radius 1 is 1.29 bits per heavy atom. The average Bonchev–Trinajstić information content (AvgIpc) is 2.84. The van der Waals surface area contributed by atoms with Gasteiger partial charge < -0.3 is 15.2 Å². The summed E-state index contributed by atoms with van der Waals surface area (Å²) in [6.07, 6.45) is 0.819. The summed E-state index contributed by atoms with van der Waals surface area (Å²) in [6.45, 7) is 7.10. The third-order valence-electron chi connectivity index (χ3n) is 3.22. The zero-order valence-corrected chi connectivity index (χ0v) is 11.1. The third kappa shape index (κ3) is 2.16. The SMILES string of the molecule is CC[C@@]1(N)C[C@]1(C(=O)OC)C(=O)OC(C)(C)C. The molecule has 0 bridgehead atoms. The van der Waals surface area contributed by atoms with Crippen LogP contribution >= 0.6 is 0 Å². The van der Waals surface area contributed by atoms with Gasteiger partial charge in [-0.25, -0.2) is 0 Å². The van der Waals surface area contributed by atoms with Crippen molar-refractivity contribution >= 4 is 11.9 Å². The maximum absolute atomic E-state index is 12.1. The second-order valence-electron chi connectivity index (χ2n) is 5.59. The lowest BCUT2D eigenvalue weighted by Gasteiger charge is -2.25. The molecule has 0 aromatic carbocycles. The third-order valence-corrected chi connectivity index (χ3v) is 3.22.